The van der Waals surface area contributed by atoms with E-state index in [9.17, 15) is 4.79 Å². The Balaban J connectivity index is 1.69. The van der Waals surface area contributed by atoms with Crippen LogP contribution in [0.5, 0.6) is 0 Å². The van der Waals surface area contributed by atoms with Gasteiger partial charge in [0.2, 0.25) is 0 Å². The van der Waals surface area contributed by atoms with Crippen LogP contribution in [-0.4, -0.2) is 26.4 Å². The van der Waals surface area contributed by atoms with E-state index in [0.717, 1.165) is 41.1 Å². The molecule has 2 heterocycles. The van der Waals surface area contributed by atoms with E-state index in [4.69, 9.17) is 22.1 Å². The second-order valence-corrected chi connectivity index (χ2v) is 7.39. The molecule has 5 nitrogen and oxygen atoms in total. The fourth-order valence-electron chi connectivity index (χ4n) is 3.55. The maximum atomic E-state index is 10.6. The van der Waals surface area contributed by atoms with Crippen LogP contribution in [0.3, 0.4) is 0 Å². The minimum Gasteiger partial charge on any atom is -0.478 e. The summed E-state index contributed by atoms with van der Waals surface area (Å²) in [6.45, 7) is 2.06. The summed E-state index contributed by atoms with van der Waals surface area (Å²) in [5.41, 5.74) is 4.76. The van der Waals surface area contributed by atoms with Gasteiger partial charge >= 0.3 is 5.97 Å². The number of aryl methyl sites for hydroxylation is 1. The van der Waals surface area contributed by atoms with E-state index in [1.807, 2.05) is 53.3 Å². The second-order valence-electron chi connectivity index (χ2n) is 6.99. The van der Waals surface area contributed by atoms with Crippen molar-refractivity contribution in [2.75, 3.05) is 0 Å². The molecular formula is C23H24ClN3O2. The summed E-state index contributed by atoms with van der Waals surface area (Å²) in [6, 6.07) is 11.8. The molecule has 0 radical (unpaired) electrons. The lowest BCUT2D eigenvalue weighted by molar-refractivity contribution is -0.131. The van der Waals surface area contributed by atoms with Gasteiger partial charge in [-0.1, -0.05) is 42.8 Å². The van der Waals surface area contributed by atoms with Gasteiger partial charge in [-0.2, -0.15) is 5.10 Å². The Hall–Kier alpha value is -2.92. The number of carboxylic acid groups (broad SMARTS) is 1. The molecule has 2 aromatic heterocycles. The smallest absolute Gasteiger partial charge is 0.327 e. The SMILES string of the molecule is CC[C@H](C(=N)CCc1cnn2ccccc12)c1ccc(C/C=C/C(=O)O)cc1Cl. The maximum absolute atomic E-state index is 10.6. The lowest BCUT2D eigenvalue weighted by Crippen LogP contribution is -2.12. The molecule has 150 valence electrons. The van der Waals surface area contributed by atoms with Crippen molar-refractivity contribution in [3.63, 3.8) is 0 Å². The number of rotatable bonds is 9. The zero-order valence-corrected chi connectivity index (χ0v) is 17.1. The molecule has 0 saturated heterocycles. The summed E-state index contributed by atoms with van der Waals surface area (Å²) in [5.74, 6) is -0.994. The van der Waals surface area contributed by atoms with Crippen molar-refractivity contribution < 1.29 is 9.90 Å². The number of aromatic nitrogens is 2. The molecule has 29 heavy (non-hydrogen) atoms. The predicted octanol–water partition coefficient (Wildman–Crippen LogP) is 5.32. The zero-order chi connectivity index (χ0) is 20.8. The number of nitrogens with one attached hydrogen (secondary N) is 1. The van der Waals surface area contributed by atoms with E-state index in [-0.39, 0.29) is 5.92 Å². The molecule has 0 amide bonds. The van der Waals surface area contributed by atoms with Gasteiger partial charge in [-0.05, 0) is 60.6 Å². The van der Waals surface area contributed by atoms with E-state index in [1.165, 1.54) is 0 Å². The molecule has 3 rings (SSSR count). The molecule has 0 aliphatic rings. The Bertz CT molecular complexity index is 1060. The quantitative estimate of drug-likeness (QED) is 0.371. The summed E-state index contributed by atoms with van der Waals surface area (Å²) < 4.78 is 1.85. The standard InChI is InChI=1S/C23H24ClN3O2/c1-2-18(19-11-9-16(14-20(19)24)6-5-8-23(28)29)21(25)12-10-17-15-26-27-13-4-3-7-22(17)27/h3-5,7-9,11,13-15,18,25H,2,6,10,12H2,1H3,(H,28,29)/b8-5+,25-21?/t18-/m0/s1. The lowest BCUT2D eigenvalue weighted by Gasteiger charge is -2.19. The van der Waals surface area contributed by atoms with Crippen LogP contribution in [0.25, 0.3) is 5.52 Å². The number of fused-ring (bicyclic) bond motifs is 1. The van der Waals surface area contributed by atoms with Crippen molar-refractivity contribution in [3.8, 4) is 0 Å². The lowest BCUT2D eigenvalue weighted by atomic mass is 9.88. The second kappa shape index (κ2) is 9.52. The number of nitrogens with zero attached hydrogens (tertiary/aromatic N) is 2. The molecule has 0 spiro atoms. The van der Waals surface area contributed by atoms with Crippen molar-refractivity contribution in [3.05, 3.63) is 82.7 Å². The molecule has 0 aliphatic heterocycles. The third kappa shape index (κ3) is 5.12. The van der Waals surface area contributed by atoms with Crippen LogP contribution in [0, 0.1) is 5.41 Å². The zero-order valence-electron chi connectivity index (χ0n) is 16.3. The molecule has 0 bridgehead atoms. The first-order valence-corrected chi connectivity index (χ1v) is 10.0. The van der Waals surface area contributed by atoms with Crippen LogP contribution >= 0.6 is 11.6 Å². The molecule has 0 fully saturated rings. The van der Waals surface area contributed by atoms with Crippen molar-refractivity contribution in [2.45, 2.75) is 38.5 Å². The van der Waals surface area contributed by atoms with Crippen molar-refractivity contribution in [2.24, 2.45) is 0 Å². The Morgan fingerprint density at radius 1 is 1.34 bits per heavy atom. The summed E-state index contributed by atoms with van der Waals surface area (Å²) >= 11 is 6.52. The first-order valence-electron chi connectivity index (χ1n) is 9.66. The fourth-order valence-corrected chi connectivity index (χ4v) is 3.89. The highest BCUT2D eigenvalue weighted by atomic mass is 35.5. The number of benzene rings is 1. The number of carbonyl (C=O) groups is 1. The maximum Gasteiger partial charge on any atom is 0.327 e. The molecule has 3 aromatic rings. The van der Waals surface area contributed by atoms with Gasteiger partial charge in [0.05, 0.1) is 11.7 Å². The van der Waals surface area contributed by atoms with Gasteiger partial charge in [0.25, 0.3) is 0 Å². The largest absolute Gasteiger partial charge is 0.478 e. The number of pyridine rings is 1. The summed E-state index contributed by atoms with van der Waals surface area (Å²) in [4.78, 5) is 10.6. The Kier molecular flexibility index (Phi) is 6.83. The van der Waals surface area contributed by atoms with Crippen molar-refractivity contribution >= 4 is 28.8 Å². The van der Waals surface area contributed by atoms with Gasteiger partial charge in [0.1, 0.15) is 0 Å². The predicted molar refractivity (Wildman–Crippen MR) is 116 cm³/mol. The van der Waals surface area contributed by atoms with Gasteiger partial charge in [-0.3, -0.25) is 0 Å². The Labute approximate surface area is 175 Å². The highest BCUT2D eigenvalue weighted by Crippen LogP contribution is 2.30. The van der Waals surface area contributed by atoms with Crippen LogP contribution in [0.4, 0.5) is 0 Å². The van der Waals surface area contributed by atoms with E-state index in [1.54, 1.807) is 6.08 Å². The first kappa shape index (κ1) is 20.8. The molecule has 1 aromatic carbocycles. The highest BCUT2D eigenvalue weighted by Gasteiger charge is 2.18. The molecular weight excluding hydrogens is 386 g/mol. The van der Waals surface area contributed by atoms with E-state index >= 15 is 0 Å². The van der Waals surface area contributed by atoms with Gasteiger partial charge in [0, 0.05) is 28.9 Å². The average molecular weight is 410 g/mol. The van der Waals surface area contributed by atoms with E-state index in [0.29, 0.717) is 23.6 Å². The minimum atomic E-state index is -0.960. The molecule has 1 atom stereocenters. The Morgan fingerprint density at radius 3 is 2.90 bits per heavy atom. The molecule has 0 saturated carbocycles. The third-order valence-electron chi connectivity index (χ3n) is 5.05. The van der Waals surface area contributed by atoms with Gasteiger partial charge in [0.15, 0.2) is 0 Å². The van der Waals surface area contributed by atoms with Gasteiger partial charge < -0.3 is 10.5 Å². The number of halogens is 1. The highest BCUT2D eigenvalue weighted by molar-refractivity contribution is 6.31. The van der Waals surface area contributed by atoms with Crippen LogP contribution in [0.15, 0.2) is 60.9 Å². The molecule has 0 unspecified atom stereocenters. The summed E-state index contributed by atoms with van der Waals surface area (Å²) in [5, 5.41) is 22.3. The monoisotopic (exact) mass is 409 g/mol. The number of hydrogen-bond donors (Lipinski definition) is 2. The van der Waals surface area contributed by atoms with Crippen LogP contribution < -0.4 is 0 Å². The number of allylic oxidation sites excluding steroid dienone is 1. The summed E-state index contributed by atoms with van der Waals surface area (Å²) in [6.07, 6.45) is 9.24. The van der Waals surface area contributed by atoms with Crippen molar-refractivity contribution in [1.29, 1.82) is 5.41 Å². The van der Waals surface area contributed by atoms with Crippen LogP contribution in [0.2, 0.25) is 5.02 Å². The number of aliphatic carboxylic acids is 1. The van der Waals surface area contributed by atoms with Crippen LogP contribution in [0.1, 0.15) is 42.4 Å². The summed E-state index contributed by atoms with van der Waals surface area (Å²) in [7, 11) is 0. The topological polar surface area (TPSA) is 78.5 Å². The minimum absolute atomic E-state index is 0.0343. The molecule has 6 heteroatoms. The van der Waals surface area contributed by atoms with E-state index < -0.39 is 5.97 Å². The van der Waals surface area contributed by atoms with Crippen LogP contribution in [-0.2, 0) is 17.6 Å². The third-order valence-corrected chi connectivity index (χ3v) is 5.38. The average Bonchev–Trinajstić information content (AvgIpc) is 3.11. The van der Waals surface area contributed by atoms with Crippen molar-refractivity contribution in [1.82, 2.24) is 9.61 Å². The Morgan fingerprint density at radius 2 is 2.17 bits per heavy atom. The number of carboxylic acids is 1. The van der Waals surface area contributed by atoms with Gasteiger partial charge in [-0.15, -0.1) is 0 Å². The van der Waals surface area contributed by atoms with E-state index in [2.05, 4.69) is 12.0 Å². The fraction of sp³-hybridized carbons (Fsp3) is 0.261. The molecule has 0 aliphatic carbocycles. The van der Waals surface area contributed by atoms with Gasteiger partial charge in [-0.25, -0.2) is 9.31 Å². The first-order chi connectivity index (χ1) is 14.0. The molecule has 2 N–H and O–H groups in total. The normalized spacial score (nSPS) is 12.5. The number of hydrogen-bond acceptors (Lipinski definition) is 3.